The minimum atomic E-state index is -0.964. The number of allylic oxidation sites excluding steroid dienone is 9. The zero-order chi connectivity index (χ0) is 13.4. The molecule has 2 heteroatoms. The monoisotopic (exact) mass is 272 g/mol. The van der Waals surface area contributed by atoms with Crippen LogP contribution in [0.4, 0.5) is 0 Å². The summed E-state index contributed by atoms with van der Waals surface area (Å²) in [4.78, 5) is 0. The smallest absolute Gasteiger partial charge is 0.0919 e. The van der Waals surface area contributed by atoms with E-state index in [0.29, 0.717) is 5.92 Å². The Hall–Kier alpha value is -0.866. The van der Waals surface area contributed by atoms with Crippen molar-refractivity contribution < 1.29 is 0 Å². The van der Waals surface area contributed by atoms with Crippen LogP contribution in [0.3, 0.4) is 0 Å². The molecule has 2 aliphatic carbocycles. The number of rotatable bonds is 3. The van der Waals surface area contributed by atoms with E-state index >= 15 is 0 Å². The predicted octanol–water partition coefficient (Wildman–Crippen LogP) is 3.82. The van der Waals surface area contributed by atoms with E-state index in [4.69, 9.17) is 0 Å². The van der Waals surface area contributed by atoms with Crippen molar-refractivity contribution in [2.45, 2.75) is 33.9 Å². The SMILES string of the molecule is C=C1C=C(C)C=C1[SiH](C1=CC(C)C=C1C)[SiH](C)C. The van der Waals surface area contributed by atoms with Crippen molar-refractivity contribution >= 4 is 16.6 Å². The van der Waals surface area contributed by atoms with E-state index in [0.717, 1.165) is 0 Å². The van der Waals surface area contributed by atoms with Crippen molar-refractivity contribution in [1.29, 1.82) is 0 Å². The molecule has 0 N–H and O–H groups in total. The molecule has 2 unspecified atom stereocenters. The third-order valence-corrected chi connectivity index (χ3v) is 13.9. The third-order valence-electron chi connectivity index (χ3n) is 3.90. The topological polar surface area (TPSA) is 0 Å². The van der Waals surface area contributed by atoms with Crippen LogP contribution in [-0.4, -0.2) is 16.6 Å². The van der Waals surface area contributed by atoms with Crippen LogP contribution in [0.15, 0.2) is 58.0 Å². The van der Waals surface area contributed by atoms with Gasteiger partial charge in [0.05, 0.1) is 8.31 Å². The molecule has 2 aliphatic rings. The van der Waals surface area contributed by atoms with Gasteiger partial charge in [-0.2, -0.15) is 0 Å². The van der Waals surface area contributed by atoms with Gasteiger partial charge in [-0.1, -0.05) is 72.4 Å². The molecule has 0 aromatic heterocycles. The zero-order valence-electron chi connectivity index (χ0n) is 12.2. The molecule has 2 rings (SSSR count). The van der Waals surface area contributed by atoms with E-state index < -0.39 is 16.6 Å². The van der Waals surface area contributed by atoms with Crippen LogP contribution < -0.4 is 0 Å². The first-order valence-corrected chi connectivity index (χ1v) is 13.0. The third kappa shape index (κ3) is 2.45. The van der Waals surface area contributed by atoms with Crippen LogP contribution in [0, 0.1) is 5.92 Å². The summed E-state index contributed by atoms with van der Waals surface area (Å²) in [5.74, 6) is 0.632. The Morgan fingerprint density at radius 3 is 2.11 bits per heavy atom. The number of hydrogen-bond donors (Lipinski definition) is 0. The van der Waals surface area contributed by atoms with Crippen LogP contribution in [0.2, 0.25) is 13.1 Å². The quantitative estimate of drug-likeness (QED) is 0.685. The normalized spacial score (nSPS) is 25.0. The van der Waals surface area contributed by atoms with Gasteiger partial charge in [0, 0.05) is 8.31 Å². The molecule has 0 saturated carbocycles. The lowest BCUT2D eigenvalue weighted by atomic mass is 10.2. The van der Waals surface area contributed by atoms with Gasteiger partial charge in [-0.05, 0) is 25.3 Å². The highest BCUT2D eigenvalue weighted by Crippen LogP contribution is 2.34. The molecule has 0 aromatic carbocycles. The maximum absolute atomic E-state index is 4.27. The second kappa shape index (κ2) is 5.02. The van der Waals surface area contributed by atoms with Gasteiger partial charge in [0.2, 0.25) is 0 Å². The van der Waals surface area contributed by atoms with E-state index in [1.165, 1.54) is 11.1 Å². The Bertz CT molecular complexity index is 497. The Kier molecular flexibility index (Phi) is 3.78. The molecule has 0 saturated heterocycles. The first kappa shape index (κ1) is 13.6. The lowest BCUT2D eigenvalue weighted by Gasteiger charge is -2.23. The summed E-state index contributed by atoms with van der Waals surface area (Å²) in [6, 6.07) is 0. The minimum absolute atomic E-state index is 0.632. The van der Waals surface area contributed by atoms with Crippen LogP contribution in [0.5, 0.6) is 0 Å². The summed E-state index contributed by atoms with van der Waals surface area (Å²) >= 11 is 0. The van der Waals surface area contributed by atoms with Gasteiger partial charge >= 0.3 is 0 Å². The summed E-state index contributed by atoms with van der Waals surface area (Å²) in [5, 5.41) is 3.32. The van der Waals surface area contributed by atoms with E-state index in [1.54, 1.807) is 16.0 Å². The highest BCUT2D eigenvalue weighted by atomic mass is 29.2. The highest BCUT2D eigenvalue weighted by Gasteiger charge is 2.30. The molecular formula is C16H24Si2. The first-order valence-electron chi connectivity index (χ1n) is 6.90. The fraction of sp³-hybridized carbons (Fsp3) is 0.375. The van der Waals surface area contributed by atoms with E-state index in [-0.39, 0.29) is 0 Å². The molecule has 0 fully saturated rings. The van der Waals surface area contributed by atoms with Gasteiger partial charge in [0.1, 0.15) is 0 Å². The molecule has 18 heavy (non-hydrogen) atoms. The molecular weight excluding hydrogens is 248 g/mol. The number of hydrogen-bond acceptors (Lipinski definition) is 0. The lowest BCUT2D eigenvalue weighted by Crippen LogP contribution is -2.35. The summed E-state index contributed by atoms with van der Waals surface area (Å²) in [6.45, 7) is 16.1. The first-order chi connectivity index (χ1) is 8.40. The van der Waals surface area contributed by atoms with Gasteiger partial charge in [-0.25, -0.2) is 0 Å². The highest BCUT2D eigenvalue weighted by molar-refractivity contribution is 7.28. The van der Waals surface area contributed by atoms with Crippen molar-refractivity contribution in [3.63, 3.8) is 0 Å². The lowest BCUT2D eigenvalue weighted by molar-refractivity contribution is 0.954. The molecule has 2 atom stereocenters. The Balaban J connectivity index is 2.38. The Labute approximate surface area is 114 Å². The van der Waals surface area contributed by atoms with Crippen molar-refractivity contribution in [3.8, 4) is 0 Å². The van der Waals surface area contributed by atoms with E-state index in [2.05, 4.69) is 64.7 Å². The van der Waals surface area contributed by atoms with Crippen molar-refractivity contribution in [2.75, 3.05) is 0 Å². The summed E-state index contributed by atoms with van der Waals surface area (Å²) in [7, 11) is -1.62. The summed E-state index contributed by atoms with van der Waals surface area (Å²) in [5.41, 5.74) is 4.22. The molecule has 96 valence electrons. The molecule has 0 bridgehead atoms. The average molecular weight is 273 g/mol. The van der Waals surface area contributed by atoms with Crippen molar-refractivity contribution in [2.24, 2.45) is 5.92 Å². The Morgan fingerprint density at radius 2 is 1.72 bits per heavy atom. The average Bonchev–Trinajstić information content (AvgIpc) is 2.71. The molecule has 0 spiro atoms. The largest absolute Gasteiger partial charge is 0.0929 e. The predicted molar refractivity (Wildman–Crippen MR) is 88.0 cm³/mol. The van der Waals surface area contributed by atoms with Crippen LogP contribution in [0.25, 0.3) is 0 Å². The molecule has 0 aliphatic heterocycles. The second-order valence-corrected chi connectivity index (χ2v) is 16.8. The summed E-state index contributed by atoms with van der Waals surface area (Å²) in [6.07, 6.45) is 9.60. The van der Waals surface area contributed by atoms with Gasteiger partial charge < -0.3 is 0 Å². The zero-order valence-corrected chi connectivity index (χ0v) is 14.6. The van der Waals surface area contributed by atoms with E-state index in [1.807, 2.05) is 0 Å². The minimum Gasteiger partial charge on any atom is -0.0919 e. The maximum Gasteiger partial charge on any atom is 0.0929 e. The van der Waals surface area contributed by atoms with Crippen LogP contribution in [-0.2, 0) is 0 Å². The van der Waals surface area contributed by atoms with Crippen molar-refractivity contribution in [3.05, 3.63) is 58.0 Å². The standard InChI is InChI=1S/C16H24Si2/c1-11-7-13(3)15(9-11)18(17(5)6)16-10-12(2)8-14(16)4/h7-10,12,17-18H,3H2,1-2,4-6H3. The molecule has 0 radical (unpaired) electrons. The fourth-order valence-electron chi connectivity index (χ4n) is 3.22. The summed E-state index contributed by atoms with van der Waals surface area (Å²) < 4.78 is 0. The van der Waals surface area contributed by atoms with Gasteiger partial charge in [0.15, 0.2) is 0 Å². The second-order valence-electron chi connectivity index (χ2n) is 6.07. The molecule has 0 nitrogen and oxygen atoms in total. The van der Waals surface area contributed by atoms with Gasteiger partial charge in [-0.3, -0.25) is 0 Å². The maximum atomic E-state index is 4.27. The van der Waals surface area contributed by atoms with Crippen LogP contribution in [0.1, 0.15) is 20.8 Å². The van der Waals surface area contributed by atoms with Crippen molar-refractivity contribution in [1.82, 2.24) is 0 Å². The molecule has 0 amide bonds. The molecule has 0 heterocycles. The van der Waals surface area contributed by atoms with Crippen LogP contribution >= 0.6 is 0 Å². The Morgan fingerprint density at radius 1 is 1.06 bits per heavy atom. The van der Waals surface area contributed by atoms with Gasteiger partial charge in [-0.15, -0.1) is 0 Å². The van der Waals surface area contributed by atoms with E-state index in [9.17, 15) is 0 Å². The van der Waals surface area contributed by atoms with Gasteiger partial charge in [0.25, 0.3) is 0 Å². The molecule has 0 aromatic rings. The fourth-order valence-corrected chi connectivity index (χ4v) is 13.4.